The quantitative estimate of drug-likeness (QED) is 0.787. The van der Waals surface area contributed by atoms with Crippen molar-refractivity contribution in [2.45, 2.75) is 13.0 Å². The van der Waals surface area contributed by atoms with Crippen LogP contribution in [0, 0.1) is 0 Å². The number of benzene rings is 2. The summed E-state index contributed by atoms with van der Waals surface area (Å²) in [6.07, 6.45) is 0. The van der Waals surface area contributed by atoms with E-state index in [0.717, 1.165) is 5.69 Å². The highest BCUT2D eigenvalue weighted by atomic mass is 14.9. The largest absolute Gasteiger partial charge is 0.379 e. The average molecular weight is 197 g/mol. The Kier molecular flexibility index (Phi) is 3.03. The summed E-state index contributed by atoms with van der Waals surface area (Å²) in [5.74, 6) is 0. The van der Waals surface area contributed by atoms with Gasteiger partial charge in [-0.15, -0.1) is 0 Å². The number of anilines is 1. The Morgan fingerprint density at radius 3 is 1.93 bits per heavy atom. The summed E-state index contributed by atoms with van der Waals surface area (Å²) in [7, 11) is 0. The van der Waals surface area contributed by atoms with Crippen LogP contribution in [-0.4, -0.2) is 0 Å². The van der Waals surface area contributed by atoms with Gasteiger partial charge in [-0.2, -0.15) is 0 Å². The van der Waals surface area contributed by atoms with Gasteiger partial charge in [0.05, 0.1) is 0 Å². The van der Waals surface area contributed by atoms with Crippen LogP contribution < -0.4 is 5.32 Å². The van der Waals surface area contributed by atoms with Crippen LogP contribution in [0.4, 0.5) is 5.69 Å². The predicted molar refractivity (Wildman–Crippen MR) is 64.9 cm³/mol. The van der Waals surface area contributed by atoms with Gasteiger partial charge in [-0.3, -0.25) is 0 Å². The van der Waals surface area contributed by atoms with Crippen molar-refractivity contribution in [1.29, 1.82) is 0 Å². The van der Waals surface area contributed by atoms with Crippen molar-refractivity contribution in [3.05, 3.63) is 66.2 Å². The lowest BCUT2D eigenvalue weighted by atomic mass is 10.1. The van der Waals surface area contributed by atoms with Crippen LogP contribution in [0.15, 0.2) is 60.7 Å². The van der Waals surface area contributed by atoms with E-state index in [4.69, 9.17) is 0 Å². The standard InChI is InChI=1S/C14H15N/c1-12(13-8-4-2-5-9-13)15-14-10-6-3-7-11-14/h2-12,15H,1H3. The summed E-state index contributed by atoms with van der Waals surface area (Å²) in [6, 6.07) is 21.1. The molecule has 2 aromatic carbocycles. The predicted octanol–water partition coefficient (Wildman–Crippen LogP) is 3.86. The summed E-state index contributed by atoms with van der Waals surface area (Å²) < 4.78 is 0. The van der Waals surface area contributed by atoms with Crippen LogP contribution in [0.25, 0.3) is 0 Å². The Morgan fingerprint density at radius 2 is 1.33 bits per heavy atom. The van der Waals surface area contributed by atoms with Gasteiger partial charge >= 0.3 is 0 Å². The molecule has 0 amide bonds. The van der Waals surface area contributed by atoms with Gasteiger partial charge in [-0.1, -0.05) is 48.5 Å². The molecule has 0 saturated carbocycles. The molecule has 0 radical (unpaired) electrons. The van der Waals surface area contributed by atoms with Crippen LogP contribution in [0.5, 0.6) is 0 Å². The average Bonchev–Trinajstić information content (AvgIpc) is 2.31. The van der Waals surface area contributed by atoms with Crippen molar-refractivity contribution in [1.82, 2.24) is 0 Å². The minimum Gasteiger partial charge on any atom is -0.379 e. The molecule has 0 aromatic heterocycles. The van der Waals surface area contributed by atoms with E-state index in [1.807, 2.05) is 24.3 Å². The van der Waals surface area contributed by atoms with Crippen LogP contribution in [0.2, 0.25) is 0 Å². The van der Waals surface area contributed by atoms with Gasteiger partial charge in [0, 0.05) is 11.7 Å². The molecule has 2 rings (SSSR count). The lowest BCUT2D eigenvalue weighted by Crippen LogP contribution is -2.05. The minimum absolute atomic E-state index is 0.341. The number of hydrogen-bond donors (Lipinski definition) is 1. The third-order valence-corrected chi connectivity index (χ3v) is 2.46. The lowest BCUT2D eigenvalue weighted by molar-refractivity contribution is 0.885. The maximum atomic E-state index is 3.46. The van der Waals surface area contributed by atoms with E-state index in [1.165, 1.54) is 5.56 Å². The molecule has 1 atom stereocenters. The SMILES string of the molecule is CC(Nc1ccccc1)c1ccccc1. The van der Waals surface area contributed by atoms with E-state index >= 15 is 0 Å². The molecule has 0 saturated heterocycles. The molecule has 0 heterocycles. The number of hydrogen-bond acceptors (Lipinski definition) is 1. The molecule has 76 valence electrons. The summed E-state index contributed by atoms with van der Waals surface area (Å²) in [6.45, 7) is 2.17. The van der Waals surface area contributed by atoms with Crippen molar-refractivity contribution in [2.24, 2.45) is 0 Å². The Balaban J connectivity index is 2.08. The smallest absolute Gasteiger partial charge is 0.0485 e. The number of nitrogens with one attached hydrogen (secondary N) is 1. The molecular weight excluding hydrogens is 182 g/mol. The molecule has 1 nitrogen and oxygen atoms in total. The van der Waals surface area contributed by atoms with E-state index < -0.39 is 0 Å². The van der Waals surface area contributed by atoms with Crippen LogP contribution in [-0.2, 0) is 0 Å². The zero-order valence-corrected chi connectivity index (χ0v) is 8.85. The first-order valence-corrected chi connectivity index (χ1v) is 5.23. The maximum Gasteiger partial charge on any atom is 0.0485 e. The van der Waals surface area contributed by atoms with E-state index in [0.29, 0.717) is 6.04 Å². The highest BCUT2D eigenvalue weighted by molar-refractivity contribution is 5.44. The second kappa shape index (κ2) is 4.65. The Bertz CT molecular complexity index is 394. The summed E-state index contributed by atoms with van der Waals surface area (Å²) in [5.41, 5.74) is 2.47. The van der Waals surface area contributed by atoms with Gasteiger partial charge in [-0.25, -0.2) is 0 Å². The Labute approximate surface area is 90.8 Å². The van der Waals surface area contributed by atoms with Gasteiger partial charge in [0.2, 0.25) is 0 Å². The van der Waals surface area contributed by atoms with Gasteiger partial charge in [-0.05, 0) is 24.6 Å². The molecule has 0 aliphatic carbocycles. The van der Waals surface area contributed by atoms with E-state index in [9.17, 15) is 0 Å². The minimum atomic E-state index is 0.341. The highest BCUT2D eigenvalue weighted by Gasteiger charge is 2.02. The van der Waals surface area contributed by atoms with Crippen molar-refractivity contribution in [3.8, 4) is 0 Å². The van der Waals surface area contributed by atoms with Crippen molar-refractivity contribution in [3.63, 3.8) is 0 Å². The molecular formula is C14H15N. The van der Waals surface area contributed by atoms with Crippen molar-refractivity contribution < 1.29 is 0 Å². The molecule has 1 heteroatoms. The van der Waals surface area contributed by atoms with Crippen LogP contribution >= 0.6 is 0 Å². The highest BCUT2D eigenvalue weighted by Crippen LogP contribution is 2.17. The number of rotatable bonds is 3. The molecule has 2 aromatic rings. The number of para-hydroxylation sites is 1. The molecule has 0 aliphatic rings. The Hall–Kier alpha value is -1.76. The molecule has 0 bridgehead atoms. The first-order chi connectivity index (χ1) is 7.36. The monoisotopic (exact) mass is 197 g/mol. The molecule has 15 heavy (non-hydrogen) atoms. The van der Waals surface area contributed by atoms with Crippen LogP contribution in [0.3, 0.4) is 0 Å². The third kappa shape index (κ3) is 2.59. The maximum absolute atomic E-state index is 3.46. The fourth-order valence-electron chi connectivity index (χ4n) is 1.61. The van der Waals surface area contributed by atoms with Crippen molar-refractivity contribution >= 4 is 5.69 Å². The van der Waals surface area contributed by atoms with Gasteiger partial charge < -0.3 is 5.32 Å². The molecule has 0 spiro atoms. The summed E-state index contributed by atoms with van der Waals surface area (Å²) >= 11 is 0. The van der Waals surface area contributed by atoms with Gasteiger partial charge in [0.15, 0.2) is 0 Å². The topological polar surface area (TPSA) is 12.0 Å². The zero-order valence-electron chi connectivity index (χ0n) is 8.85. The molecule has 1 N–H and O–H groups in total. The normalized spacial score (nSPS) is 12.1. The lowest BCUT2D eigenvalue weighted by Gasteiger charge is -2.15. The molecule has 0 aliphatic heterocycles. The third-order valence-electron chi connectivity index (χ3n) is 2.46. The second-order valence-corrected chi connectivity index (χ2v) is 3.64. The fraction of sp³-hybridized carbons (Fsp3) is 0.143. The zero-order chi connectivity index (χ0) is 10.5. The summed E-state index contributed by atoms with van der Waals surface area (Å²) in [5, 5.41) is 3.46. The molecule has 1 unspecified atom stereocenters. The van der Waals surface area contributed by atoms with E-state index in [1.54, 1.807) is 0 Å². The first-order valence-electron chi connectivity index (χ1n) is 5.23. The first kappa shape index (κ1) is 9.78. The van der Waals surface area contributed by atoms with Crippen molar-refractivity contribution in [2.75, 3.05) is 5.32 Å². The van der Waals surface area contributed by atoms with E-state index in [2.05, 4.69) is 48.6 Å². The van der Waals surface area contributed by atoms with Gasteiger partial charge in [0.25, 0.3) is 0 Å². The Morgan fingerprint density at radius 1 is 0.800 bits per heavy atom. The van der Waals surface area contributed by atoms with Crippen LogP contribution in [0.1, 0.15) is 18.5 Å². The van der Waals surface area contributed by atoms with Gasteiger partial charge in [0.1, 0.15) is 0 Å². The second-order valence-electron chi connectivity index (χ2n) is 3.64. The fourth-order valence-corrected chi connectivity index (χ4v) is 1.61. The molecule has 0 fully saturated rings. The van der Waals surface area contributed by atoms with E-state index in [-0.39, 0.29) is 0 Å². The summed E-state index contributed by atoms with van der Waals surface area (Å²) in [4.78, 5) is 0.